The van der Waals surface area contributed by atoms with Crippen LogP contribution < -0.4 is 5.32 Å². The standard InChI is InChI=1S/C15H15Cl3N2/c1-2-19-13(15-12(17)7-4-8-20-15)9-10-5-3-6-11(16)14(10)18/h3-8,13,19H,2,9H2,1H3. The van der Waals surface area contributed by atoms with Crippen molar-refractivity contribution in [3.05, 3.63) is 62.9 Å². The second-order valence-electron chi connectivity index (χ2n) is 4.40. The van der Waals surface area contributed by atoms with Crippen molar-refractivity contribution in [1.29, 1.82) is 0 Å². The van der Waals surface area contributed by atoms with Gasteiger partial charge in [-0.1, -0.05) is 53.9 Å². The van der Waals surface area contributed by atoms with Crippen molar-refractivity contribution in [3.63, 3.8) is 0 Å². The molecule has 1 aromatic heterocycles. The Labute approximate surface area is 134 Å². The first-order valence-electron chi connectivity index (χ1n) is 6.40. The Bertz CT molecular complexity index is 587. The molecule has 0 saturated heterocycles. The number of hydrogen-bond donors (Lipinski definition) is 1. The minimum absolute atomic E-state index is 0.00432. The van der Waals surface area contributed by atoms with E-state index in [1.54, 1.807) is 12.3 Å². The Hall–Kier alpha value is -0.800. The van der Waals surface area contributed by atoms with Crippen LogP contribution in [0.5, 0.6) is 0 Å². The maximum atomic E-state index is 6.25. The number of rotatable bonds is 5. The summed E-state index contributed by atoms with van der Waals surface area (Å²) >= 11 is 18.5. The zero-order valence-corrected chi connectivity index (χ0v) is 13.3. The summed E-state index contributed by atoms with van der Waals surface area (Å²) in [5, 5.41) is 5.18. The number of likely N-dealkylation sites (N-methyl/N-ethyl adjacent to an activating group) is 1. The molecule has 0 spiro atoms. The van der Waals surface area contributed by atoms with E-state index in [0.717, 1.165) is 17.8 Å². The highest BCUT2D eigenvalue weighted by Gasteiger charge is 2.17. The third-order valence-corrected chi connectivity index (χ3v) is 4.20. The van der Waals surface area contributed by atoms with Gasteiger partial charge in [0.15, 0.2) is 0 Å². The highest BCUT2D eigenvalue weighted by atomic mass is 35.5. The van der Waals surface area contributed by atoms with Crippen LogP contribution in [0.1, 0.15) is 24.2 Å². The van der Waals surface area contributed by atoms with Gasteiger partial charge in [-0.3, -0.25) is 4.98 Å². The first-order chi connectivity index (χ1) is 9.63. The third-order valence-electron chi connectivity index (χ3n) is 3.02. The van der Waals surface area contributed by atoms with E-state index in [9.17, 15) is 0 Å². The van der Waals surface area contributed by atoms with Crippen molar-refractivity contribution in [1.82, 2.24) is 10.3 Å². The molecular formula is C15H15Cl3N2. The van der Waals surface area contributed by atoms with Crippen LogP contribution >= 0.6 is 34.8 Å². The van der Waals surface area contributed by atoms with Crippen LogP contribution in [0.2, 0.25) is 15.1 Å². The molecule has 0 bridgehead atoms. The van der Waals surface area contributed by atoms with Gasteiger partial charge < -0.3 is 5.32 Å². The number of pyridine rings is 1. The lowest BCUT2D eigenvalue weighted by Gasteiger charge is -2.19. The smallest absolute Gasteiger partial charge is 0.0762 e. The summed E-state index contributed by atoms with van der Waals surface area (Å²) in [6.07, 6.45) is 2.43. The second kappa shape index (κ2) is 7.28. The molecular weight excluding hydrogens is 315 g/mol. The molecule has 2 rings (SSSR count). The molecule has 0 fully saturated rings. The van der Waals surface area contributed by atoms with E-state index in [0.29, 0.717) is 21.5 Å². The zero-order chi connectivity index (χ0) is 14.5. The summed E-state index contributed by atoms with van der Waals surface area (Å²) in [5.41, 5.74) is 1.80. The maximum Gasteiger partial charge on any atom is 0.0762 e. The fourth-order valence-corrected chi connectivity index (χ4v) is 2.74. The second-order valence-corrected chi connectivity index (χ2v) is 5.59. The van der Waals surface area contributed by atoms with Gasteiger partial charge in [0.1, 0.15) is 0 Å². The van der Waals surface area contributed by atoms with Crippen LogP contribution in [0, 0.1) is 0 Å². The van der Waals surface area contributed by atoms with E-state index >= 15 is 0 Å². The first kappa shape index (κ1) is 15.6. The van der Waals surface area contributed by atoms with Gasteiger partial charge in [0.25, 0.3) is 0 Å². The van der Waals surface area contributed by atoms with Gasteiger partial charge in [0.05, 0.1) is 26.8 Å². The van der Waals surface area contributed by atoms with Gasteiger partial charge in [-0.05, 0) is 36.7 Å². The van der Waals surface area contributed by atoms with E-state index < -0.39 is 0 Å². The quantitative estimate of drug-likeness (QED) is 0.841. The molecule has 0 aliphatic carbocycles. The fourth-order valence-electron chi connectivity index (χ4n) is 2.09. The monoisotopic (exact) mass is 328 g/mol. The summed E-state index contributed by atoms with van der Waals surface area (Å²) < 4.78 is 0. The van der Waals surface area contributed by atoms with Crippen LogP contribution in [-0.2, 0) is 6.42 Å². The predicted octanol–water partition coefficient (Wildman–Crippen LogP) is 4.94. The Morgan fingerprint density at radius 2 is 1.85 bits per heavy atom. The predicted molar refractivity (Wildman–Crippen MR) is 85.8 cm³/mol. The lowest BCUT2D eigenvalue weighted by atomic mass is 10.0. The molecule has 0 saturated carbocycles. The molecule has 0 aliphatic heterocycles. The van der Waals surface area contributed by atoms with Gasteiger partial charge in [-0.15, -0.1) is 0 Å². The molecule has 2 nitrogen and oxygen atoms in total. The number of nitrogens with one attached hydrogen (secondary N) is 1. The Kier molecular flexibility index (Phi) is 5.67. The molecule has 5 heteroatoms. The largest absolute Gasteiger partial charge is 0.309 e. The number of nitrogens with zero attached hydrogens (tertiary/aromatic N) is 1. The van der Waals surface area contributed by atoms with E-state index in [1.165, 1.54) is 0 Å². The zero-order valence-electron chi connectivity index (χ0n) is 11.0. The molecule has 2 aromatic rings. The molecule has 1 unspecified atom stereocenters. The van der Waals surface area contributed by atoms with Crippen LogP contribution in [0.4, 0.5) is 0 Å². The molecule has 1 atom stereocenters. The Balaban J connectivity index is 2.31. The summed E-state index contributed by atoms with van der Waals surface area (Å²) in [6.45, 7) is 2.86. The summed E-state index contributed by atoms with van der Waals surface area (Å²) in [6, 6.07) is 9.31. The minimum atomic E-state index is 0.00432. The average molecular weight is 330 g/mol. The summed E-state index contributed by atoms with van der Waals surface area (Å²) in [5.74, 6) is 0. The molecule has 0 radical (unpaired) electrons. The Morgan fingerprint density at radius 3 is 2.55 bits per heavy atom. The molecule has 106 valence electrons. The lowest BCUT2D eigenvalue weighted by molar-refractivity contribution is 0.537. The van der Waals surface area contributed by atoms with Crippen molar-refractivity contribution >= 4 is 34.8 Å². The van der Waals surface area contributed by atoms with E-state index in [1.807, 2.05) is 31.2 Å². The van der Waals surface area contributed by atoms with Crippen LogP contribution in [0.3, 0.4) is 0 Å². The van der Waals surface area contributed by atoms with Gasteiger partial charge in [0, 0.05) is 6.20 Å². The lowest BCUT2D eigenvalue weighted by Crippen LogP contribution is -2.24. The van der Waals surface area contributed by atoms with Crippen molar-refractivity contribution in [2.24, 2.45) is 0 Å². The summed E-state index contributed by atoms with van der Waals surface area (Å²) in [7, 11) is 0. The van der Waals surface area contributed by atoms with Crippen LogP contribution in [0.15, 0.2) is 36.5 Å². The SMILES string of the molecule is CCNC(Cc1cccc(Cl)c1Cl)c1ncccc1Cl. The molecule has 0 amide bonds. The molecule has 1 aromatic carbocycles. The number of halogens is 3. The summed E-state index contributed by atoms with van der Waals surface area (Å²) in [4.78, 5) is 4.37. The van der Waals surface area contributed by atoms with Crippen LogP contribution in [0.25, 0.3) is 0 Å². The fraction of sp³-hybridized carbons (Fsp3) is 0.267. The average Bonchev–Trinajstić information content (AvgIpc) is 2.44. The van der Waals surface area contributed by atoms with Crippen molar-refractivity contribution in [3.8, 4) is 0 Å². The van der Waals surface area contributed by atoms with Gasteiger partial charge in [-0.2, -0.15) is 0 Å². The van der Waals surface area contributed by atoms with Crippen molar-refractivity contribution in [2.45, 2.75) is 19.4 Å². The van der Waals surface area contributed by atoms with Crippen LogP contribution in [-0.4, -0.2) is 11.5 Å². The van der Waals surface area contributed by atoms with Crippen molar-refractivity contribution in [2.75, 3.05) is 6.54 Å². The van der Waals surface area contributed by atoms with Crippen molar-refractivity contribution < 1.29 is 0 Å². The normalized spacial score (nSPS) is 12.4. The highest BCUT2D eigenvalue weighted by molar-refractivity contribution is 6.42. The van der Waals surface area contributed by atoms with E-state index in [4.69, 9.17) is 34.8 Å². The molecule has 1 heterocycles. The number of hydrogen-bond acceptors (Lipinski definition) is 2. The maximum absolute atomic E-state index is 6.25. The molecule has 20 heavy (non-hydrogen) atoms. The van der Waals surface area contributed by atoms with Gasteiger partial charge in [-0.25, -0.2) is 0 Å². The highest BCUT2D eigenvalue weighted by Crippen LogP contribution is 2.30. The third kappa shape index (κ3) is 3.64. The number of aromatic nitrogens is 1. The first-order valence-corrected chi connectivity index (χ1v) is 7.53. The van der Waals surface area contributed by atoms with Gasteiger partial charge >= 0.3 is 0 Å². The number of benzene rings is 1. The van der Waals surface area contributed by atoms with Gasteiger partial charge in [0.2, 0.25) is 0 Å². The topological polar surface area (TPSA) is 24.9 Å². The molecule has 0 aliphatic rings. The molecule has 1 N–H and O–H groups in total. The Morgan fingerprint density at radius 1 is 1.10 bits per heavy atom. The minimum Gasteiger partial charge on any atom is -0.309 e. The van der Waals surface area contributed by atoms with E-state index in [-0.39, 0.29) is 6.04 Å². The van der Waals surface area contributed by atoms with E-state index in [2.05, 4.69) is 10.3 Å².